The van der Waals surface area contributed by atoms with Gasteiger partial charge in [-0.3, -0.25) is 9.55 Å². The van der Waals surface area contributed by atoms with E-state index < -0.39 is 5.82 Å². The highest BCUT2D eigenvalue weighted by molar-refractivity contribution is 5.83. The van der Waals surface area contributed by atoms with Gasteiger partial charge in [0, 0.05) is 18.1 Å². The number of nitrogens with two attached hydrogens (primary N) is 1. The number of fused-ring (bicyclic) bond motifs is 1. The Balaban J connectivity index is 1.77. The summed E-state index contributed by atoms with van der Waals surface area (Å²) in [4.78, 5) is 22.1. The third-order valence-corrected chi connectivity index (χ3v) is 4.81. The van der Waals surface area contributed by atoms with Crippen LogP contribution in [0, 0.1) is 5.82 Å². The predicted molar refractivity (Wildman–Crippen MR) is 113 cm³/mol. The molecule has 0 aliphatic rings. The van der Waals surface area contributed by atoms with Crippen molar-refractivity contribution < 1.29 is 9.50 Å². The number of pyridine rings is 2. The Labute approximate surface area is 175 Å². The molecule has 31 heavy (non-hydrogen) atoms. The van der Waals surface area contributed by atoms with E-state index in [1.807, 2.05) is 34.9 Å². The van der Waals surface area contributed by atoms with E-state index in [0.717, 1.165) is 17.4 Å². The number of imidazole rings is 1. The van der Waals surface area contributed by atoms with Gasteiger partial charge in [-0.1, -0.05) is 12.1 Å². The third-order valence-electron chi connectivity index (χ3n) is 4.81. The molecule has 152 valence electrons. The maximum atomic E-state index is 13.3. The largest absolute Gasteiger partial charge is 0.392 e. The minimum atomic E-state index is -0.417. The third kappa shape index (κ3) is 3.36. The van der Waals surface area contributed by atoms with Gasteiger partial charge in [0.15, 0.2) is 17.3 Å². The highest BCUT2D eigenvalue weighted by Crippen LogP contribution is 2.30. The van der Waals surface area contributed by atoms with Crippen LogP contribution in [0.3, 0.4) is 0 Å². The summed E-state index contributed by atoms with van der Waals surface area (Å²) >= 11 is 0. The molecule has 0 saturated heterocycles. The summed E-state index contributed by atoms with van der Waals surface area (Å²) in [5.41, 5.74) is 10.3. The van der Waals surface area contributed by atoms with E-state index in [9.17, 15) is 9.50 Å². The van der Waals surface area contributed by atoms with Crippen molar-refractivity contribution >= 4 is 17.0 Å². The van der Waals surface area contributed by atoms with Crippen LogP contribution in [0.2, 0.25) is 0 Å². The number of aliphatic hydroxyl groups is 1. The zero-order valence-electron chi connectivity index (χ0n) is 16.1. The van der Waals surface area contributed by atoms with Crippen molar-refractivity contribution in [2.75, 3.05) is 5.73 Å². The second-order valence-electron chi connectivity index (χ2n) is 6.79. The summed E-state index contributed by atoms with van der Waals surface area (Å²) < 4.78 is 15.1. The molecule has 8 nitrogen and oxygen atoms in total. The van der Waals surface area contributed by atoms with Crippen LogP contribution in [-0.2, 0) is 6.61 Å². The quantitative estimate of drug-likeness (QED) is 0.465. The zero-order chi connectivity index (χ0) is 21.4. The highest BCUT2D eigenvalue weighted by Gasteiger charge is 2.20. The number of halogens is 1. The molecule has 0 spiro atoms. The topological polar surface area (TPSA) is 116 Å². The molecular formula is C22H16FN7O. The summed E-state index contributed by atoms with van der Waals surface area (Å²) in [6.45, 7) is -0.0619. The van der Waals surface area contributed by atoms with Crippen LogP contribution in [0.5, 0.6) is 0 Å². The van der Waals surface area contributed by atoms with Gasteiger partial charge in [0.2, 0.25) is 0 Å². The zero-order valence-corrected chi connectivity index (χ0v) is 16.1. The van der Waals surface area contributed by atoms with E-state index in [1.165, 1.54) is 12.3 Å². The summed E-state index contributed by atoms with van der Waals surface area (Å²) in [5, 5.41) is 9.38. The number of aromatic nitrogens is 6. The van der Waals surface area contributed by atoms with Gasteiger partial charge in [0.1, 0.15) is 17.0 Å². The van der Waals surface area contributed by atoms with Crippen LogP contribution >= 0.6 is 0 Å². The smallest absolute Gasteiger partial charge is 0.169 e. The van der Waals surface area contributed by atoms with Crippen LogP contribution in [0.15, 0.2) is 67.1 Å². The van der Waals surface area contributed by atoms with Gasteiger partial charge in [-0.05, 0) is 42.0 Å². The molecule has 0 saturated carbocycles. The molecule has 0 atom stereocenters. The fraction of sp³-hybridized carbons (Fsp3) is 0.0455. The summed E-state index contributed by atoms with van der Waals surface area (Å²) in [6, 6.07) is 13.8. The number of nitrogens with zero attached hydrogens (tertiary/aromatic N) is 6. The van der Waals surface area contributed by atoms with Crippen molar-refractivity contribution in [2.24, 2.45) is 0 Å². The SMILES string of the molecule is Nc1nccnc1-c1nc2ccc(-c3ccc(F)cn3)nc2n1-c1ccc(CO)cc1. The second kappa shape index (κ2) is 7.54. The molecule has 4 heterocycles. The first-order chi connectivity index (χ1) is 15.1. The maximum Gasteiger partial charge on any atom is 0.169 e. The molecule has 0 amide bonds. The molecule has 0 aliphatic heterocycles. The molecular weight excluding hydrogens is 397 g/mol. The van der Waals surface area contributed by atoms with Crippen LogP contribution < -0.4 is 5.73 Å². The maximum absolute atomic E-state index is 13.3. The fourth-order valence-electron chi connectivity index (χ4n) is 3.30. The van der Waals surface area contributed by atoms with E-state index in [1.54, 1.807) is 18.3 Å². The Morgan fingerprint density at radius 1 is 0.871 bits per heavy atom. The van der Waals surface area contributed by atoms with Crippen LogP contribution in [0.4, 0.5) is 10.2 Å². The first-order valence-electron chi connectivity index (χ1n) is 9.42. The van der Waals surface area contributed by atoms with E-state index in [0.29, 0.717) is 34.1 Å². The van der Waals surface area contributed by atoms with E-state index in [-0.39, 0.29) is 12.4 Å². The Kier molecular flexibility index (Phi) is 4.57. The predicted octanol–water partition coefficient (Wildman–Crippen LogP) is 3.15. The van der Waals surface area contributed by atoms with Crippen molar-refractivity contribution in [3.05, 3.63) is 78.5 Å². The molecule has 1 aromatic carbocycles. The van der Waals surface area contributed by atoms with Crippen LogP contribution in [0.1, 0.15) is 5.56 Å². The molecule has 0 aliphatic carbocycles. The Bertz CT molecular complexity index is 1380. The standard InChI is InChI=1S/C22H16FN7O/c23-14-3-6-16(27-11-14)17-7-8-18-21(28-17)30(15-4-1-13(12-31)2-5-15)22(29-18)19-20(24)26-10-9-25-19/h1-11,31H,12H2,(H2,24,26). The van der Waals surface area contributed by atoms with Gasteiger partial charge in [-0.2, -0.15) is 0 Å². The first-order valence-corrected chi connectivity index (χ1v) is 9.42. The van der Waals surface area contributed by atoms with Crippen molar-refractivity contribution in [1.82, 2.24) is 29.5 Å². The van der Waals surface area contributed by atoms with E-state index in [4.69, 9.17) is 15.7 Å². The van der Waals surface area contributed by atoms with Crippen molar-refractivity contribution in [3.63, 3.8) is 0 Å². The van der Waals surface area contributed by atoms with Gasteiger partial charge in [-0.25, -0.2) is 24.3 Å². The molecule has 0 radical (unpaired) electrons. The number of hydrogen-bond donors (Lipinski definition) is 2. The molecule has 0 bridgehead atoms. The number of rotatable bonds is 4. The van der Waals surface area contributed by atoms with Crippen LogP contribution in [0.25, 0.3) is 39.8 Å². The van der Waals surface area contributed by atoms with Crippen molar-refractivity contribution in [3.8, 4) is 28.6 Å². The Morgan fingerprint density at radius 3 is 2.35 bits per heavy atom. The van der Waals surface area contributed by atoms with Crippen molar-refractivity contribution in [2.45, 2.75) is 6.61 Å². The molecule has 9 heteroatoms. The lowest BCUT2D eigenvalue weighted by molar-refractivity contribution is 0.282. The number of nitrogen functional groups attached to an aromatic ring is 1. The van der Waals surface area contributed by atoms with E-state index >= 15 is 0 Å². The number of benzene rings is 1. The summed E-state index contributed by atoms with van der Waals surface area (Å²) in [5.74, 6) is 0.305. The minimum Gasteiger partial charge on any atom is -0.392 e. The van der Waals surface area contributed by atoms with E-state index in [2.05, 4.69) is 15.0 Å². The lowest BCUT2D eigenvalue weighted by atomic mass is 10.2. The lowest BCUT2D eigenvalue weighted by Crippen LogP contribution is -2.04. The average Bonchev–Trinajstić information content (AvgIpc) is 3.18. The normalized spacial score (nSPS) is 11.2. The number of aliphatic hydroxyl groups excluding tert-OH is 1. The van der Waals surface area contributed by atoms with Gasteiger partial charge in [0.25, 0.3) is 0 Å². The first kappa shape index (κ1) is 18.8. The summed E-state index contributed by atoms with van der Waals surface area (Å²) in [6.07, 6.45) is 4.21. The molecule has 3 N–H and O–H groups in total. The van der Waals surface area contributed by atoms with Gasteiger partial charge >= 0.3 is 0 Å². The molecule has 5 rings (SSSR count). The number of anilines is 1. The van der Waals surface area contributed by atoms with Gasteiger partial charge < -0.3 is 10.8 Å². The average molecular weight is 413 g/mol. The highest BCUT2D eigenvalue weighted by atomic mass is 19.1. The van der Waals surface area contributed by atoms with Gasteiger partial charge in [-0.15, -0.1) is 0 Å². The second-order valence-corrected chi connectivity index (χ2v) is 6.79. The Morgan fingerprint density at radius 2 is 1.65 bits per heavy atom. The fourth-order valence-corrected chi connectivity index (χ4v) is 3.30. The number of hydrogen-bond acceptors (Lipinski definition) is 7. The Hall–Kier alpha value is -4.24. The molecule has 5 aromatic rings. The molecule has 0 fully saturated rings. The monoisotopic (exact) mass is 413 g/mol. The lowest BCUT2D eigenvalue weighted by Gasteiger charge is -2.10. The van der Waals surface area contributed by atoms with Crippen molar-refractivity contribution in [1.29, 1.82) is 0 Å². The summed E-state index contributed by atoms with van der Waals surface area (Å²) in [7, 11) is 0. The molecule has 0 unspecified atom stereocenters. The molecule has 4 aromatic heterocycles. The minimum absolute atomic E-state index is 0.0619. The van der Waals surface area contributed by atoms with Crippen LogP contribution in [-0.4, -0.2) is 34.6 Å². The van der Waals surface area contributed by atoms with Gasteiger partial charge in [0.05, 0.1) is 24.2 Å².